The van der Waals surface area contributed by atoms with Gasteiger partial charge in [-0.3, -0.25) is 4.98 Å². The summed E-state index contributed by atoms with van der Waals surface area (Å²) in [6, 6.07) is 18.3. The quantitative estimate of drug-likeness (QED) is 0.465. The Morgan fingerprint density at radius 1 is 0.926 bits per heavy atom. The van der Waals surface area contributed by atoms with Crippen LogP contribution in [0.2, 0.25) is 0 Å². The van der Waals surface area contributed by atoms with Crippen LogP contribution in [0.25, 0.3) is 12.2 Å². The minimum atomic E-state index is -0.503. The molecule has 3 aromatic rings. The van der Waals surface area contributed by atoms with Gasteiger partial charge in [0.25, 0.3) is 0 Å². The molecule has 0 spiro atoms. The van der Waals surface area contributed by atoms with Gasteiger partial charge < -0.3 is 14.2 Å². The number of carbonyl (C=O) groups is 1. The van der Waals surface area contributed by atoms with E-state index in [9.17, 15) is 4.79 Å². The molecule has 2 aromatic carbocycles. The first-order valence-electron chi connectivity index (χ1n) is 8.39. The van der Waals surface area contributed by atoms with Gasteiger partial charge in [-0.05, 0) is 47.5 Å². The third-order valence-corrected chi connectivity index (χ3v) is 3.69. The fraction of sp³-hybridized carbons (Fsp3) is 0.0909. The van der Waals surface area contributed by atoms with Crippen LogP contribution in [-0.4, -0.2) is 24.7 Å². The summed E-state index contributed by atoms with van der Waals surface area (Å²) in [5.74, 6) is 0.926. The van der Waals surface area contributed by atoms with Crippen LogP contribution in [0.5, 0.6) is 17.2 Å². The number of para-hydroxylation sites is 1. The topological polar surface area (TPSA) is 57.7 Å². The summed E-state index contributed by atoms with van der Waals surface area (Å²) in [5.41, 5.74) is 1.96. The molecule has 0 amide bonds. The van der Waals surface area contributed by atoms with Gasteiger partial charge in [-0.25, -0.2) is 4.79 Å². The van der Waals surface area contributed by atoms with E-state index < -0.39 is 5.97 Å². The third kappa shape index (κ3) is 5.44. The normalized spacial score (nSPS) is 10.6. The fourth-order valence-corrected chi connectivity index (χ4v) is 2.35. The molecule has 0 N–H and O–H groups in total. The molecule has 0 saturated carbocycles. The molecule has 0 unspecified atom stereocenters. The number of aromatic nitrogens is 1. The Morgan fingerprint density at radius 3 is 2.41 bits per heavy atom. The first-order chi connectivity index (χ1) is 13.2. The van der Waals surface area contributed by atoms with E-state index in [-0.39, 0.29) is 6.61 Å². The summed E-state index contributed by atoms with van der Waals surface area (Å²) in [7, 11) is 1.53. The molecule has 0 saturated heterocycles. The Labute approximate surface area is 157 Å². The summed E-state index contributed by atoms with van der Waals surface area (Å²) in [4.78, 5) is 16.0. The number of hydrogen-bond acceptors (Lipinski definition) is 5. The molecule has 5 nitrogen and oxygen atoms in total. The Hall–Kier alpha value is -3.60. The van der Waals surface area contributed by atoms with Crippen LogP contribution < -0.4 is 14.2 Å². The number of ether oxygens (including phenoxy) is 3. The molecule has 5 heteroatoms. The van der Waals surface area contributed by atoms with Gasteiger partial charge in [0.2, 0.25) is 0 Å². The minimum absolute atomic E-state index is 0.184. The van der Waals surface area contributed by atoms with Gasteiger partial charge in [0.1, 0.15) is 5.75 Å². The first-order valence-corrected chi connectivity index (χ1v) is 8.39. The summed E-state index contributed by atoms with van der Waals surface area (Å²) in [6.45, 7) is -0.184. The fourth-order valence-electron chi connectivity index (χ4n) is 2.35. The van der Waals surface area contributed by atoms with Crippen LogP contribution in [0.3, 0.4) is 0 Å². The van der Waals surface area contributed by atoms with Crippen molar-refractivity contribution in [2.45, 2.75) is 0 Å². The molecular formula is C22H19NO4. The molecule has 0 atom stereocenters. The lowest BCUT2D eigenvalue weighted by Gasteiger charge is -2.10. The molecule has 0 fully saturated rings. The van der Waals surface area contributed by atoms with Crippen molar-refractivity contribution in [3.8, 4) is 17.2 Å². The second-order valence-electron chi connectivity index (χ2n) is 5.60. The van der Waals surface area contributed by atoms with Crippen LogP contribution >= 0.6 is 0 Å². The molecule has 0 radical (unpaired) electrons. The zero-order chi connectivity index (χ0) is 18.9. The number of hydrogen-bond donors (Lipinski definition) is 0. The summed E-state index contributed by atoms with van der Waals surface area (Å²) in [6.07, 6.45) is 7.39. The summed E-state index contributed by atoms with van der Waals surface area (Å²) in [5, 5.41) is 0. The standard InChI is InChI=1S/C22H19NO4/c1-25-21-15-18(8-7-17-11-13-23-14-12-17)9-10-20(21)27-22(24)16-26-19-5-3-2-4-6-19/h2-15H,16H2,1H3/b8-7+. The maximum absolute atomic E-state index is 12.0. The van der Waals surface area contributed by atoms with Crippen LogP contribution in [0.1, 0.15) is 11.1 Å². The summed E-state index contributed by atoms with van der Waals surface area (Å²) < 4.78 is 16.1. The molecule has 136 valence electrons. The average Bonchev–Trinajstić information content (AvgIpc) is 2.73. The van der Waals surface area contributed by atoms with Gasteiger partial charge in [-0.15, -0.1) is 0 Å². The molecule has 0 aliphatic heterocycles. The Kier molecular flexibility index (Phi) is 6.20. The number of benzene rings is 2. The molecule has 27 heavy (non-hydrogen) atoms. The molecule has 3 rings (SSSR count). The second-order valence-corrected chi connectivity index (χ2v) is 5.60. The lowest BCUT2D eigenvalue weighted by Crippen LogP contribution is -2.18. The van der Waals surface area contributed by atoms with Crippen molar-refractivity contribution in [3.05, 3.63) is 84.2 Å². The van der Waals surface area contributed by atoms with Crippen LogP contribution in [0.4, 0.5) is 0 Å². The third-order valence-electron chi connectivity index (χ3n) is 3.69. The van der Waals surface area contributed by atoms with E-state index in [2.05, 4.69) is 4.98 Å². The molecule has 0 aliphatic rings. The lowest BCUT2D eigenvalue weighted by atomic mass is 10.1. The highest BCUT2D eigenvalue weighted by Crippen LogP contribution is 2.29. The van der Waals surface area contributed by atoms with Crippen molar-refractivity contribution < 1.29 is 19.0 Å². The van der Waals surface area contributed by atoms with Crippen molar-refractivity contribution in [2.24, 2.45) is 0 Å². The van der Waals surface area contributed by atoms with Crippen LogP contribution in [0, 0.1) is 0 Å². The van der Waals surface area contributed by atoms with Gasteiger partial charge in [-0.2, -0.15) is 0 Å². The zero-order valence-corrected chi connectivity index (χ0v) is 14.9. The number of nitrogens with zero attached hydrogens (tertiary/aromatic N) is 1. The van der Waals surface area contributed by atoms with Gasteiger partial charge in [0, 0.05) is 12.4 Å². The van der Waals surface area contributed by atoms with Crippen molar-refractivity contribution in [1.82, 2.24) is 4.98 Å². The second kappa shape index (κ2) is 9.20. The van der Waals surface area contributed by atoms with Crippen molar-refractivity contribution in [1.29, 1.82) is 0 Å². The highest BCUT2D eigenvalue weighted by Gasteiger charge is 2.11. The maximum Gasteiger partial charge on any atom is 0.349 e. The number of carbonyl (C=O) groups excluding carboxylic acids is 1. The van der Waals surface area contributed by atoms with Gasteiger partial charge in [0.05, 0.1) is 7.11 Å². The van der Waals surface area contributed by atoms with E-state index in [4.69, 9.17) is 14.2 Å². The first kappa shape index (κ1) is 18.2. The lowest BCUT2D eigenvalue weighted by molar-refractivity contribution is -0.136. The molecule has 1 aromatic heterocycles. The van der Waals surface area contributed by atoms with E-state index in [1.165, 1.54) is 7.11 Å². The molecular weight excluding hydrogens is 342 g/mol. The van der Waals surface area contributed by atoms with Crippen LogP contribution in [0.15, 0.2) is 73.1 Å². The predicted molar refractivity (Wildman–Crippen MR) is 104 cm³/mol. The average molecular weight is 361 g/mol. The Morgan fingerprint density at radius 2 is 1.67 bits per heavy atom. The minimum Gasteiger partial charge on any atom is -0.493 e. The largest absolute Gasteiger partial charge is 0.493 e. The number of pyridine rings is 1. The Bertz CT molecular complexity index is 908. The number of esters is 1. The van der Waals surface area contributed by atoms with E-state index in [1.807, 2.05) is 48.6 Å². The maximum atomic E-state index is 12.0. The molecule has 0 aliphatic carbocycles. The molecule has 1 heterocycles. The SMILES string of the molecule is COc1cc(/C=C/c2ccncc2)ccc1OC(=O)COc1ccccc1. The summed E-state index contributed by atoms with van der Waals surface area (Å²) >= 11 is 0. The van der Waals surface area contributed by atoms with Gasteiger partial charge >= 0.3 is 5.97 Å². The Balaban J connectivity index is 1.63. The number of rotatable bonds is 7. The van der Waals surface area contributed by atoms with Crippen molar-refractivity contribution in [3.63, 3.8) is 0 Å². The van der Waals surface area contributed by atoms with Crippen molar-refractivity contribution >= 4 is 18.1 Å². The highest BCUT2D eigenvalue weighted by molar-refractivity contribution is 5.76. The monoisotopic (exact) mass is 361 g/mol. The van der Waals surface area contributed by atoms with E-state index in [0.29, 0.717) is 17.2 Å². The number of methoxy groups -OCH3 is 1. The van der Waals surface area contributed by atoms with E-state index >= 15 is 0 Å². The van der Waals surface area contributed by atoms with Crippen molar-refractivity contribution in [2.75, 3.05) is 13.7 Å². The van der Waals surface area contributed by atoms with Gasteiger partial charge in [-0.1, -0.05) is 36.4 Å². The predicted octanol–water partition coefficient (Wildman–Crippen LogP) is 4.25. The van der Waals surface area contributed by atoms with E-state index in [1.54, 1.807) is 36.7 Å². The highest BCUT2D eigenvalue weighted by atomic mass is 16.6. The van der Waals surface area contributed by atoms with Gasteiger partial charge in [0.15, 0.2) is 18.1 Å². The van der Waals surface area contributed by atoms with E-state index in [0.717, 1.165) is 11.1 Å². The van der Waals surface area contributed by atoms with Crippen LogP contribution in [-0.2, 0) is 4.79 Å². The zero-order valence-electron chi connectivity index (χ0n) is 14.9. The molecule has 0 bridgehead atoms. The smallest absolute Gasteiger partial charge is 0.349 e.